The van der Waals surface area contributed by atoms with Crippen molar-refractivity contribution in [1.82, 2.24) is 14.5 Å². The number of benzene rings is 1. The number of hydrogen-bond acceptors (Lipinski definition) is 4. The van der Waals surface area contributed by atoms with Gasteiger partial charge in [0.25, 0.3) is 0 Å². The lowest BCUT2D eigenvalue weighted by molar-refractivity contribution is -0.132. The van der Waals surface area contributed by atoms with E-state index in [2.05, 4.69) is 5.32 Å². The minimum absolute atomic E-state index is 0.0428. The van der Waals surface area contributed by atoms with E-state index >= 15 is 0 Å². The number of carbonyl (C=O) groups excluding carboxylic acids is 1. The molecule has 150 valence electrons. The Kier molecular flexibility index (Phi) is 6.83. The zero-order valence-corrected chi connectivity index (χ0v) is 16.4. The largest absolute Gasteiger partial charge is 0.339 e. The molecule has 0 spiro atoms. The van der Waals surface area contributed by atoms with Gasteiger partial charge in [-0.2, -0.15) is 4.31 Å². The van der Waals surface area contributed by atoms with Gasteiger partial charge in [0.2, 0.25) is 15.9 Å². The van der Waals surface area contributed by atoms with E-state index in [1.807, 2.05) is 0 Å². The van der Waals surface area contributed by atoms with Crippen molar-refractivity contribution in [2.24, 2.45) is 0 Å². The highest BCUT2D eigenvalue weighted by molar-refractivity contribution is 7.89. The van der Waals surface area contributed by atoms with E-state index in [0.29, 0.717) is 13.1 Å². The molecule has 0 aromatic heterocycles. The number of piperazine rings is 1. The lowest BCUT2D eigenvalue weighted by Crippen LogP contribution is -2.52. The summed E-state index contributed by atoms with van der Waals surface area (Å²) in [7, 11) is -3.86. The highest BCUT2D eigenvalue weighted by Gasteiger charge is 2.34. The fourth-order valence-electron chi connectivity index (χ4n) is 3.85. The quantitative estimate of drug-likeness (QED) is 0.772. The molecule has 6 nitrogen and oxygen atoms in total. The second kappa shape index (κ2) is 9.12. The van der Waals surface area contributed by atoms with Crippen LogP contribution in [0.1, 0.15) is 38.5 Å². The summed E-state index contributed by atoms with van der Waals surface area (Å²) < 4.78 is 41.2. The van der Waals surface area contributed by atoms with E-state index in [9.17, 15) is 17.6 Å². The van der Waals surface area contributed by atoms with Gasteiger partial charge in [-0.1, -0.05) is 25.7 Å². The highest BCUT2D eigenvalue weighted by Crippen LogP contribution is 2.27. The van der Waals surface area contributed by atoms with Gasteiger partial charge < -0.3 is 10.2 Å². The van der Waals surface area contributed by atoms with Gasteiger partial charge >= 0.3 is 0 Å². The van der Waals surface area contributed by atoms with Crippen LogP contribution in [0.5, 0.6) is 0 Å². The standard InChI is InChI=1S/C19H28FN3O3S/c20-16-7-9-18(10-8-16)27(25,26)23(17-5-3-1-2-4-6-17)15-19(24)22-13-11-21-12-14-22/h7-10,17,21H,1-6,11-15H2. The summed E-state index contributed by atoms with van der Waals surface area (Å²) in [5.74, 6) is -0.640. The molecule has 0 bridgehead atoms. The molecule has 1 aliphatic heterocycles. The number of amides is 1. The van der Waals surface area contributed by atoms with Crippen LogP contribution in [0.3, 0.4) is 0 Å². The maximum absolute atomic E-state index is 13.3. The first-order chi connectivity index (χ1) is 13.0. The lowest BCUT2D eigenvalue weighted by atomic mass is 10.1. The topological polar surface area (TPSA) is 69.7 Å². The lowest BCUT2D eigenvalue weighted by Gasteiger charge is -2.33. The molecule has 0 unspecified atom stereocenters. The number of halogens is 1. The van der Waals surface area contributed by atoms with E-state index in [1.165, 1.54) is 16.4 Å². The van der Waals surface area contributed by atoms with Crippen molar-refractivity contribution in [3.8, 4) is 0 Å². The van der Waals surface area contributed by atoms with E-state index in [-0.39, 0.29) is 23.4 Å². The molecule has 0 atom stereocenters. The molecule has 1 aliphatic carbocycles. The number of nitrogens with zero attached hydrogens (tertiary/aromatic N) is 2. The normalized spacial score (nSPS) is 19.9. The minimum atomic E-state index is -3.86. The van der Waals surface area contributed by atoms with E-state index in [1.54, 1.807) is 4.90 Å². The van der Waals surface area contributed by atoms with Gasteiger partial charge in [-0.15, -0.1) is 0 Å². The summed E-state index contributed by atoms with van der Waals surface area (Å²) in [5, 5.41) is 3.19. The van der Waals surface area contributed by atoms with Crippen LogP contribution in [0.15, 0.2) is 29.2 Å². The van der Waals surface area contributed by atoms with Crippen molar-refractivity contribution >= 4 is 15.9 Å². The molecular formula is C19H28FN3O3S. The fourth-order valence-corrected chi connectivity index (χ4v) is 5.48. The first kappa shape index (κ1) is 20.2. The Bertz CT molecular complexity index is 725. The van der Waals surface area contributed by atoms with Crippen molar-refractivity contribution in [3.63, 3.8) is 0 Å². The number of carbonyl (C=O) groups is 1. The van der Waals surface area contributed by atoms with Crippen LogP contribution in [-0.2, 0) is 14.8 Å². The fraction of sp³-hybridized carbons (Fsp3) is 0.632. The van der Waals surface area contributed by atoms with Crippen molar-refractivity contribution < 1.29 is 17.6 Å². The average molecular weight is 398 g/mol. The molecule has 2 aliphatic rings. The van der Waals surface area contributed by atoms with Gasteiger partial charge in [-0.05, 0) is 37.1 Å². The number of rotatable bonds is 5. The Morgan fingerprint density at radius 1 is 1.07 bits per heavy atom. The Morgan fingerprint density at radius 3 is 2.26 bits per heavy atom. The smallest absolute Gasteiger partial charge is 0.243 e. The van der Waals surface area contributed by atoms with Crippen LogP contribution in [0.25, 0.3) is 0 Å². The number of sulfonamides is 1. The molecule has 1 aromatic rings. The Balaban J connectivity index is 1.86. The molecular weight excluding hydrogens is 369 g/mol. The van der Waals surface area contributed by atoms with Crippen LogP contribution in [0, 0.1) is 5.82 Å². The monoisotopic (exact) mass is 397 g/mol. The second-order valence-corrected chi connectivity index (χ2v) is 9.17. The summed E-state index contributed by atoms with van der Waals surface area (Å²) in [5.41, 5.74) is 0. The summed E-state index contributed by atoms with van der Waals surface area (Å²) >= 11 is 0. The average Bonchev–Trinajstić information content (AvgIpc) is 2.96. The number of nitrogens with one attached hydrogen (secondary N) is 1. The van der Waals surface area contributed by atoms with Crippen molar-refractivity contribution in [3.05, 3.63) is 30.1 Å². The van der Waals surface area contributed by atoms with Crippen LogP contribution >= 0.6 is 0 Å². The molecule has 8 heteroatoms. The molecule has 1 N–H and O–H groups in total. The first-order valence-electron chi connectivity index (χ1n) is 9.74. The van der Waals surface area contributed by atoms with E-state index < -0.39 is 15.8 Å². The van der Waals surface area contributed by atoms with Gasteiger partial charge in [-0.3, -0.25) is 4.79 Å². The molecule has 27 heavy (non-hydrogen) atoms. The summed E-state index contributed by atoms with van der Waals surface area (Å²) in [6, 6.07) is 4.68. The number of hydrogen-bond donors (Lipinski definition) is 1. The van der Waals surface area contributed by atoms with Crippen LogP contribution in [-0.4, -0.2) is 62.3 Å². The molecule has 2 fully saturated rings. The van der Waals surface area contributed by atoms with Gasteiger partial charge in [-0.25, -0.2) is 12.8 Å². The molecule has 0 radical (unpaired) electrons. The zero-order valence-electron chi connectivity index (χ0n) is 15.6. The molecule has 1 saturated carbocycles. The van der Waals surface area contributed by atoms with Gasteiger partial charge in [0, 0.05) is 32.2 Å². The Labute approximate surface area is 160 Å². The molecule has 1 amide bonds. The van der Waals surface area contributed by atoms with Crippen molar-refractivity contribution in [1.29, 1.82) is 0 Å². The summed E-state index contributed by atoms with van der Waals surface area (Å²) in [6.45, 7) is 2.48. The summed E-state index contributed by atoms with van der Waals surface area (Å²) in [4.78, 5) is 14.6. The van der Waals surface area contributed by atoms with E-state index in [4.69, 9.17) is 0 Å². The first-order valence-corrected chi connectivity index (χ1v) is 11.2. The molecule has 1 heterocycles. The third kappa shape index (κ3) is 5.06. The Morgan fingerprint density at radius 2 is 1.67 bits per heavy atom. The summed E-state index contributed by atoms with van der Waals surface area (Å²) in [6.07, 6.45) is 5.62. The maximum atomic E-state index is 13.3. The molecule has 3 rings (SSSR count). The molecule has 1 saturated heterocycles. The van der Waals surface area contributed by atoms with Gasteiger partial charge in [0.15, 0.2) is 0 Å². The van der Waals surface area contributed by atoms with Gasteiger partial charge in [0.05, 0.1) is 11.4 Å². The van der Waals surface area contributed by atoms with Crippen LogP contribution < -0.4 is 5.32 Å². The predicted octanol–water partition coefficient (Wildman–Crippen LogP) is 1.97. The second-order valence-electron chi connectivity index (χ2n) is 7.28. The molecule has 1 aromatic carbocycles. The highest BCUT2D eigenvalue weighted by atomic mass is 32.2. The van der Waals surface area contributed by atoms with Crippen LogP contribution in [0.4, 0.5) is 4.39 Å². The maximum Gasteiger partial charge on any atom is 0.243 e. The third-order valence-electron chi connectivity index (χ3n) is 5.41. The van der Waals surface area contributed by atoms with Gasteiger partial charge in [0.1, 0.15) is 5.82 Å². The Hall–Kier alpha value is -1.51. The predicted molar refractivity (Wildman–Crippen MR) is 101 cm³/mol. The van der Waals surface area contributed by atoms with Crippen molar-refractivity contribution in [2.75, 3.05) is 32.7 Å². The minimum Gasteiger partial charge on any atom is -0.339 e. The van der Waals surface area contributed by atoms with Crippen LogP contribution in [0.2, 0.25) is 0 Å². The van der Waals surface area contributed by atoms with E-state index in [0.717, 1.165) is 63.7 Å². The SMILES string of the molecule is O=C(CN(C1CCCCCC1)S(=O)(=O)c1ccc(F)cc1)N1CCNCC1. The van der Waals surface area contributed by atoms with Crippen molar-refractivity contribution in [2.45, 2.75) is 49.5 Å². The zero-order chi connectivity index (χ0) is 19.3. The third-order valence-corrected chi connectivity index (χ3v) is 7.33.